The molecule has 3 aromatic heterocycles. The highest BCUT2D eigenvalue weighted by Gasteiger charge is 2.43. The van der Waals surface area contributed by atoms with Gasteiger partial charge in [-0.2, -0.15) is 4.57 Å². The number of benzene rings is 2. The minimum absolute atomic E-state index is 0.0312. The van der Waals surface area contributed by atoms with Crippen molar-refractivity contribution in [2.45, 2.75) is 44.7 Å². The number of carbonyl (C=O) groups excluding carboxylic acids is 2. The molecule has 0 aliphatic carbocycles. The van der Waals surface area contributed by atoms with Crippen molar-refractivity contribution in [1.82, 2.24) is 25.1 Å². The smallest absolute Gasteiger partial charge is 0.418 e. The molecule has 1 unspecified atom stereocenters. The van der Waals surface area contributed by atoms with Gasteiger partial charge in [0.1, 0.15) is 36.2 Å². The van der Waals surface area contributed by atoms with Gasteiger partial charge in [0, 0.05) is 53.3 Å². The Balaban J connectivity index is 1.34. The van der Waals surface area contributed by atoms with Gasteiger partial charge in [-0.3, -0.25) is 9.69 Å². The van der Waals surface area contributed by atoms with Crippen LogP contribution in [0.5, 0.6) is 0 Å². The number of hydrogen-bond donors (Lipinski definition) is 2. The average Bonchev–Trinajstić information content (AvgIpc) is 3.79. The van der Waals surface area contributed by atoms with E-state index in [2.05, 4.69) is 15.4 Å². The molecule has 5 aromatic rings. The molecule has 2 N–H and O–H groups in total. The summed E-state index contributed by atoms with van der Waals surface area (Å²) in [4.78, 5) is 35.1. The second-order valence-electron chi connectivity index (χ2n) is 11.3. The van der Waals surface area contributed by atoms with Crippen LogP contribution in [0.1, 0.15) is 42.1 Å². The van der Waals surface area contributed by atoms with Crippen LogP contribution < -0.4 is 14.8 Å². The first kappa shape index (κ1) is 35.2. The van der Waals surface area contributed by atoms with Crippen molar-refractivity contribution in [3.05, 3.63) is 113 Å². The van der Waals surface area contributed by atoms with Crippen LogP contribution in [0.2, 0.25) is 0 Å². The van der Waals surface area contributed by atoms with E-state index in [0.29, 0.717) is 16.3 Å². The number of nitrogens with one attached hydrogen (secondary N) is 1. The fraction of sp³-hybridized carbons (Fsp3) is 0.294. The quantitative estimate of drug-likeness (QED) is 0.133. The van der Waals surface area contributed by atoms with Gasteiger partial charge in [-0.25, -0.2) is 23.5 Å². The van der Waals surface area contributed by atoms with Crippen LogP contribution in [-0.2, 0) is 33.0 Å². The van der Waals surface area contributed by atoms with Crippen molar-refractivity contribution in [1.29, 1.82) is 0 Å². The van der Waals surface area contributed by atoms with Crippen molar-refractivity contribution in [2.24, 2.45) is 0 Å². The summed E-state index contributed by atoms with van der Waals surface area (Å²) >= 11 is 1.30. The summed E-state index contributed by atoms with van der Waals surface area (Å²) in [5.74, 6) is -2.51. The maximum Gasteiger partial charge on any atom is 0.418 e. The third-order valence-electron chi connectivity index (χ3n) is 7.94. The first-order chi connectivity index (χ1) is 23.5. The number of esters is 1. The van der Waals surface area contributed by atoms with Gasteiger partial charge in [-0.05, 0) is 31.3 Å². The summed E-state index contributed by atoms with van der Waals surface area (Å²) < 4.78 is 43.5. The normalized spacial score (nSPS) is 13.7. The molecule has 0 fully saturated rings. The average molecular weight is 693 g/mol. The number of aromatic nitrogens is 5. The Morgan fingerprint density at radius 1 is 1.14 bits per heavy atom. The molecule has 49 heavy (non-hydrogen) atoms. The summed E-state index contributed by atoms with van der Waals surface area (Å²) in [6.45, 7) is 2.96. The number of likely N-dealkylation sites (N-methyl/N-ethyl adjacent to an activating group) is 1. The van der Waals surface area contributed by atoms with Gasteiger partial charge in [0.05, 0.1) is 17.2 Å². The van der Waals surface area contributed by atoms with Crippen LogP contribution in [0.4, 0.5) is 19.4 Å². The van der Waals surface area contributed by atoms with Gasteiger partial charge in [-0.15, -0.1) is 16.0 Å². The Morgan fingerprint density at radius 3 is 2.67 bits per heavy atom. The molecule has 2 aromatic carbocycles. The Kier molecular flexibility index (Phi) is 11.1. The second kappa shape index (κ2) is 15.4. The van der Waals surface area contributed by atoms with E-state index in [1.807, 2.05) is 35.7 Å². The van der Waals surface area contributed by atoms with Crippen molar-refractivity contribution in [3.63, 3.8) is 0 Å². The first-order valence-electron chi connectivity index (χ1n) is 15.3. The summed E-state index contributed by atoms with van der Waals surface area (Å²) in [5.41, 5.74) is -0.170. The van der Waals surface area contributed by atoms with E-state index in [4.69, 9.17) is 14.5 Å². The number of nitrogens with zero attached hydrogens (tertiary/aromatic N) is 6. The Morgan fingerprint density at radius 2 is 1.92 bits per heavy atom. The Labute approximate surface area is 285 Å². The molecule has 0 aliphatic heterocycles. The lowest BCUT2D eigenvalue weighted by Crippen LogP contribution is -2.42. The monoisotopic (exact) mass is 692 g/mol. The highest BCUT2D eigenvalue weighted by molar-refractivity contribution is 7.10. The molecule has 12 nitrogen and oxygen atoms in total. The highest BCUT2D eigenvalue weighted by atomic mass is 32.1. The fourth-order valence-electron chi connectivity index (χ4n) is 5.14. The predicted octanol–water partition coefficient (Wildman–Crippen LogP) is 4.71. The molecule has 0 aliphatic rings. The third kappa shape index (κ3) is 8.13. The van der Waals surface area contributed by atoms with E-state index in [1.165, 1.54) is 51.4 Å². The maximum atomic E-state index is 15.3. The Hall–Kier alpha value is -5.12. The summed E-state index contributed by atoms with van der Waals surface area (Å²) in [6, 6.07) is 15.8. The number of aliphatic hydroxyl groups is 1. The molecule has 3 atom stereocenters. The number of rotatable bonds is 13. The highest BCUT2D eigenvalue weighted by Crippen LogP contribution is 2.41. The molecule has 15 heteroatoms. The molecule has 5 rings (SSSR count). The lowest BCUT2D eigenvalue weighted by molar-refractivity contribution is -0.753. The summed E-state index contributed by atoms with van der Waals surface area (Å²) in [5, 5.41) is 21.6. The van der Waals surface area contributed by atoms with E-state index < -0.39 is 41.4 Å². The standard InChI is InChI=1S/C34H36F2N7O5S/c1-22(32-40-29(18-49-32)24-9-6-5-7-10-24)34(46,27-15-26(35)12-13-28(27)36)19-43-21-42(20-39-43)23(2)48-33(45)41(4)31-25(11-8-14-38-31)17-47-30(44)16-37-3/h5-15,18,20-23,37,46H,16-17,19H2,1-4H3/q+1/t22-,23?,34+/m0/s1. The molecule has 0 bridgehead atoms. The molecule has 0 saturated heterocycles. The van der Waals surface area contributed by atoms with Gasteiger partial charge in [0.25, 0.3) is 6.33 Å². The van der Waals surface area contributed by atoms with Crippen molar-refractivity contribution in [2.75, 3.05) is 25.5 Å². The van der Waals surface area contributed by atoms with Crippen LogP contribution in [0.15, 0.2) is 84.9 Å². The minimum atomic E-state index is -1.99. The van der Waals surface area contributed by atoms with Gasteiger partial charge in [0.15, 0.2) is 0 Å². The van der Waals surface area contributed by atoms with Crippen molar-refractivity contribution in [3.8, 4) is 11.3 Å². The minimum Gasteiger partial charge on any atom is -0.460 e. The zero-order chi connectivity index (χ0) is 35.1. The number of ether oxygens (including phenoxy) is 2. The van der Waals surface area contributed by atoms with E-state index in [0.717, 1.165) is 23.8 Å². The Bertz CT molecular complexity index is 1910. The van der Waals surface area contributed by atoms with Crippen LogP contribution in [0.25, 0.3) is 11.3 Å². The van der Waals surface area contributed by atoms with Gasteiger partial charge < -0.3 is 19.9 Å². The lowest BCUT2D eigenvalue weighted by atomic mass is 9.82. The zero-order valence-corrected chi connectivity index (χ0v) is 28.1. The maximum absolute atomic E-state index is 15.3. The topological polar surface area (TPSA) is 136 Å². The SMILES string of the molecule is CNCC(=O)OCc1cccnc1N(C)C(=O)OC(C)[n+]1cnn(C[C@](O)(c2cc(F)ccc2F)[C@@H](C)c2nc(-c3ccccc3)cs2)c1. The molecule has 3 heterocycles. The van der Waals surface area contributed by atoms with Crippen LogP contribution in [-0.4, -0.2) is 57.6 Å². The predicted molar refractivity (Wildman–Crippen MR) is 176 cm³/mol. The number of carbonyl (C=O) groups is 2. The van der Waals surface area contributed by atoms with Gasteiger partial charge in [0.2, 0.25) is 12.6 Å². The molecule has 1 amide bonds. The molecule has 0 spiro atoms. The summed E-state index contributed by atoms with van der Waals surface area (Å²) in [6.07, 6.45) is 2.73. The number of halogens is 2. The largest absolute Gasteiger partial charge is 0.460 e. The number of amides is 1. The van der Waals surface area contributed by atoms with Crippen LogP contribution >= 0.6 is 11.3 Å². The number of anilines is 1. The molecule has 0 saturated carbocycles. The fourth-order valence-corrected chi connectivity index (χ4v) is 6.11. The van der Waals surface area contributed by atoms with Crippen molar-refractivity contribution >= 4 is 29.2 Å². The van der Waals surface area contributed by atoms with Crippen LogP contribution in [0, 0.1) is 11.6 Å². The molecule has 0 radical (unpaired) electrons. The molecular formula is C34H36F2N7O5S+. The summed E-state index contributed by atoms with van der Waals surface area (Å²) in [7, 11) is 3.10. The van der Waals surface area contributed by atoms with E-state index in [1.54, 1.807) is 33.0 Å². The van der Waals surface area contributed by atoms with Gasteiger partial charge in [-0.1, -0.05) is 43.3 Å². The van der Waals surface area contributed by atoms with Crippen molar-refractivity contribution < 1.29 is 37.5 Å². The zero-order valence-electron chi connectivity index (χ0n) is 27.3. The second-order valence-corrected chi connectivity index (χ2v) is 12.2. The first-order valence-corrected chi connectivity index (χ1v) is 16.2. The molecule has 256 valence electrons. The van der Waals surface area contributed by atoms with E-state index in [9.17, 15) is 19.1 Å². The van der Waals surface area contributed by atoms with Crippen LogP contribution in [0.3, 0.4) is 0 Å². The number of hydrogen-bond acceptors (Lipinski definition) is 10. The van der Waals surface area contributed by atoms with E-state index >= 15 is 4.39 Å². The van der Waals surface area contributed by atoms with Gasteiger partial charge >= 0.3 is 12.1 Å². The lowest BCUT2D eigenvalue weighted by Gasteiger charge is -2.32. The number of pyridine rings is 1. The number of thiazole rings is 1. The molecular weight excluding hydrogens is 656 g/mol. The third-order valence-corrected chi connectivity index (χ3v) is 8.96. The van der Waals surface area contributed by atoms with E-state index in [-0.39, 0.29) is 31.1 Å².